The molecule has 0 aliphatic heterocycles. The molecule has 128 valence electrons. The van der Waals surface area contributed by atoms with Gasteiger partial charge in [-0.2, -0.15) is 5.26 Å². The molecule has 0 fully saturated rings. The largest absolute Gasteiger partial charge is 0.394 e. The smallest absolute Gasteiger partial charge is 0.267 e. The maximum atomic E-state index is 12.0. The highest BCUT2D eigenvalue weighted by Gasteiger charge is 2.09. The maximum absolute atomic E-state index is 12.0. The van der Waals surface area contributed by atoms with Crippen molar-refractivity contribution < 1.29 is 19.4 Å². The Morgan fingerprint density at radius 3 is 2.38 bits per heavy atom. The zero-order valence-electron chi connectivity index (χ0n) is 13.3. The van der Waals surface area contributed by atoms with Crippen LogP contribution in [0.3, 0.4) is 0 Å². The van der Waals surface area contributed by atoms with Crippen LogP contribution in [0.5, 0.6) is 0 Å². The second-order valence-electron chi connectivity index (χ2n) is 4.67. The number of nitrogens with one attached hydrogen (secondary N) is 3. The van der Waals surface area contributed by atoms with Gasteiger partial charge in [0, 0.05) is 31.0 Å². The molecule has 0 atom stereocenters. The molecule has 24 heavy (non-hydrogen) atoms. The van der Waals surface area contributed by atoms with Crippen molar-refractivity contribution in [3.63, 3.8) is 0 Å². The van der Waals surface area contributed by atoms with Crippen molar-refractivity contribution >= 4 is 23.2 Å². The van der Waals surface area contributed by atoms with Gasteiger partial charge >= 0.3 is 0 Å². The Kier molecular flexibility index (Phi) is 8.60. The summed E-state index contributed by atoms with van der Waals surface area (Å²) >= 11 is 0. The van der Waals surface area contributed by atoms with Crippen molar-refractivity contribution in [3.8, 4) is 6.07 Å². The first-order valence-electron chi connectivity index (χ1n) is 7.28. The molecule has 4 N–H and O–H groups in total. The number of nitrogens with zero attached hydrogens (tertiary/aromatic N) is 1. The van der Waals surface area contributed by atoms with Crippen LogP contribution in [0.2, 0.25) is 0 Å². The summed E-state index contributed by atoms with van der Waals surface area (Å²) in [6, 6.07) is 8.33. The number of aliphatic hydroxyl groups is 1. The Morgan fingerprint density at radius 2 is 1.83 bits per heavy atom. The Labute approximate surface area is 140 Å². The molecule has 1 aromatic carbocycles. The number of anilines is 2. The SMILES string of the molecule is CC(=O)Nc1ccc(NC(=O)/C(C#N)=C\NCCOCCO)cc1. The standard InChI is InChI=1S/C16H20N4O4/c1-12(22)19-14-2-4-15(5-3-14)20-16(23)13(10-17)11-18-6-8-24-9-7-21/h2-5,11,18,21H,6-9H2,1H3,(H,19,22)(H,20,23)/b13-11-. The number of nitriles is 1. The predicted molar refractivity (Wildman–Crippen MR) is 89.0 cm³/mol. The summed E-state index contributed by atoms with van der Waals surface area (Å²) in [6.45, 7) is 2.35. The van der Waals surface area contributed by atoms with E-state index in [1.807, 2.05) is 6.07 Å². The Bertz CT molecular complexity index is 620. The van der Waals surface area contributed by atoms with Gasteiger partial charge in [-0.25, -0.2) is 0 Å². The van der Waals surface area contributed by atoms with Crippen LogP contribution >= 0.6 is 0 Å². The van der Waals surface area contributed by atoms with E-state index in [-0.39, 0.29) is 24.7 Å². The van der Waals surface area contributed by atoms with Gasteiger partial charge in [-0.3, -0.25) is 9.59 Å². The van der Waals surface area contributed by atoms with Gasteiger partial charge < -0.3 is 25.8 Å². The molecule has 0 bridgehead atoms. The first-order chi connectivity index (χ1) is 11.6. The van der Waals surface area contributed by atoms with Crippen LogP contribution in [0.15, 0.2) is 36.0 Å². The number of ether oxygens (including phenoxy) is 1. The van der Waals surface area contributed by atoms with Crippen LogP contribution in [0, 0.1) is 11.3 Å². The Hall–Kier alpha value is -2.89. The molecule has 0 unspecified atom stereocenters. The topological polar surface area (TPSA) is 123 Å². The summed E-state index contributed by atoms with van der Waals surface area (Å²) < 4.78 is 5.04. The van der Waals surface area contributed by atoms with E-state index in [2.05, 4.69) is 16.0 Å². The number of amides is 2. The van der Waals surface area contributed by atoms with Crippen molar-refractivity contribution in [3.05, 3.63) is 36.0 Å². The highest BCUT2D eigenvalue weighted by atomic mass is 16.5. The molecule has 0 aromatic heterocycles. The molecular weight excluding hydrogens is 312 g/mol. The predicted octanol–water partition coefficient (Wildman–Crippen LogP) is 0.589. The van der Waals surface area contributed by atoms with E-state index in [1.54, 1.807) is 24.3 Å². The second kappa shape index (κ2) is 10.8. The van der Waals surface area contributed by atoms with Gasteiger partial charge in [0.05, 0.1) is 19.8 Å². The van der Waals surface area contributed by atoms with Crippen molar-refractivity contribution in [2.75, 3.05) is 37.0 Å². The van der Waals surface area contributed by atoms with Gasteiger partial charge in [-0.05, 0) is 24.3 Å². The van der Waals surface area contributed by atoms with Gasteiger partial charge in [0.25, 0.3) is 5.91 Å². The minimum atomic E-state index is -0.548. The normalized spacial score (nSPS) is 10.6. The zero-order valence-corrected chi connectivity index (χ0v) is 13.3. The summed E-state index contributed by atoms with van der Waals surface area (Å²) in [4.78, 5) is 22.9. The van der Waals surface area contributed by atoms with E-state index in [4.69, 9.17) is 15.1 Å². The van der Waals surface area contributed by atoms with Crippen LogP contribution in [-0.4, -0.2) is 43.3 Å². The summed E-state index contributed by atoms with van der Waals surface area (Å²) in [6.07, 6.45) is 1.31. The molecule has 0 saturated heterocycles. The highest BCUT2D eigenvalue weighted by molar-refractivity contribution is 6.06. The minimum absolute atomic E-state index is 0.0532. The van der Waals surface area contributed by atoms with E-state index in [1.165, 1.54) is 13.1 Å². The minimum Gasteiger partial charge on any atom is -0.394 e. The number of carbonyl (C=O) groups excluding carboxylic acids is 2. The number of rotatable bonds is 9. The average Bonchev–Trinajstić information content (AvgIpc) is 2.55. The van der Waals surface area contributed by atoms with E-state index < -0.39 is 5.91 Å². The van der Waals surface area contributed by atoms with E-state index >= 15 is 0 Å². The first-order valence-corrected chi connectivity index (χ1v) is 7.28. The third kappa shape index (κ3) is 7.40. The summed E-state index contributed by atoms with van der Waals surface area (Å²) in [5.41, 5.74) is 1.03. The quantitative estimate of drug-likeness (QED) is 0.298. The summed E-state index contributed by atoms with van der Waals surface area (Å²) in [5.74, 6) is -0.732. The van der Waals surface area contributed by atoms with Crippen molar-refractivity contribution in [1.82, 2.24) is 5.32 Å². The zero-order chi connectivity index (χ0) is 17.8. The molecule has 0 aliphatic carbocycles. The van der Waals surface area contributed by atoms with Gasteiger partial charge in [0.15, 0.2) is 0 Å². The average molecular weight is 332 g/mol. The van der Waals surface area contributed by atoms with Gasteiger partial charge in [0.1, 0.15) is 11.6 Å². The third-order valence-corrected chi connectivity index (χ3v) is 2.70. The fraction of sp³-hybridized carbons (Fsp3) is 0.312. The van der Waals surface area contributed by atoms with Crippen LogP contribution in [0.1, 0.15) is 6.92 Å². The monoisotopic (exact) mass is 332 g/mol. The molecule has 1 aromatic rings. The first kappa shape index (κ1) is 19.2. The number of hydrogen-bond acceptors (Lipinski definition) is 6. The van der Waals surface area contributed by atoms with Crippen molar-refractivity contribution in [2.45, 2.75) is 6.92 Å². The molecule has 1 rings (SSSR count). The van der Waals surface area contributed by atoms with Crippen LogP contribution in [0.4, 0.5) is 11.4 Å². The number of aliphatic hydroxyl groups excluding tert-OH is 1. The fourth-order valence-electron chi connectivity index (χ4n) is 1.66. The fourth-order valence-corrected chi connectivity index (χ4v) is 1.66. The Morgan fingerprint density at radius 1 is 1.21 bits per heavy atom. The molecule has 0 radical (unpaired) electrons. The molecule has 0 aliphatic rings. The highest BCUT2D eigenvalue weighted by Crippen LogP contribution is 2.14. The lowest BCUT2D eigenvalue weighted by Crippen LogP contribution is -2.19. The number of carbonyl (C=O) groups is 2. The second-order valence-corrected chi connectivity index (χ2v) is 4.67. The van der Waals surface area contributed by atoms with Gasteiger partial charge in [-0.15, -0.1) is 0 Å². The molecule has 8 nitrogen and oxygen atoms in total. The lowest BCUT2D eigenvalue weighted by molar-refractivity contribution is -0.114. The van der Waals surface area contributed by atoms with Crippen molar-refractivity contribution in [1.29, 1.82) is 5.26 Å². The van der Waals surface area contributed by atoms with E-state index in [9.17, 15) is 9.59 Å². The molecule has 8 heteroatoms. The van der Waals surface area contributed by atoms with E-state index in [0.29, 0.717) is 24.5 Å². The van der Waals surface area contributed by atoms with Gasteiger partial charge in [0.2, 0.25) is 5.91 Å². The van der Waals surface area contributed by atoms with Crippen LogP contribution in [-0.2, 0) is 14.3 Å². The molecule has 0 heterocycles. The molecule has 0 saturated carbocycles. The summed E-state index contributed by atoms with van der Waals surface area (Å²) in [5, 5.41) is 25.6. The van der Waals surface area contributed by atoms with E-state index in [0.717, 1.165) is 0 Å². The lowest BCUT2D eigenvalue weighted by Gasteiger charge is -2.07. The lowest BCUT2D eigenvalue weighted by atomic mass is 10.2. The number of hydrogen-bond donors (Lipinski definition) is 4. The van der Waals surface area contributed by atoms with Crippen LogP contribution in [0.25, 0.3) is 0 Å². The van der Waals surface area contributed by atoms with Crippen LogP contribution < -0.4 is 16.0 Å². The van der Waals surface area contributed by atoms with Gasteiger partial charge in [-0.1, -0.05) is 0 Å². The maximum Gasteiger partial charge on any atom is 0.267 e. The number of benzene rings is 1. The molecular formula is C16H20N4O4. The third-order valence-electron chi connectivity index (χ3n) is 2.70. The van der Waals surface area contributed by atoms with Crippen molar-refractivity contribution in [2.24, 2.45) is 0 Å². The molecule has 0 spiro atoms. The summed E-state index contributed by atoms with van der Waals surface area (Å²) in [7, 11) is 0. The molecule has 2 amide bonds. The Balaban J connectivity index is 2.51.